The molecule has 3 rings (SSSR count). The van der Waals surface area contributed by atoms with Crippen LogP contribution in [-0.4, -0.2) is 53.2 Å². The largest absolute Gasteiger partial charge is 0.394 e. The van der Waals surface area contributed by atoms with E-state index in [2.05, 4.69) is 25.5 Å². The van der Waals surface area contributed by atoms with Gasteiger partial charge in [-0.25, -0.2) is 10.2 Å². The van der Waals surface area contributed by atoms with Gasteiger partial charge in [-0.3, -0.25) is 19.3 Å². The van der Waals surface area contributed by atoms with Crippen LogP contribution in [-0.2, 0) is 13.6 Å². The maximum absolute atomic E-state index is 12.2. The van der Waals surface area contributed by atoms with E-state index in [4.69, 9.17) is 5.11 Å². The van der Waals surface area contributed by atoms with Crippen LogP contribution in [0.3, 0.4) is 0 Å². The van der Waals surface area contributed by atoms with Gasteiger partial charge in [-0.05, 0) is 17.7 Å². The molecule has 1 atom stereocenters. The monoisotopic (exact) mass is 359 g/mol. The number of aliphatic hydroxyl groups is 2. The summed E-state index contributed by atoms with van der Waals surface area (Å²) in [6.45, 7) is -0.607. The van der Waals surface area contributed by atoms with E-state index in [1.54, 1.807) is 24.5 Å². The zero-order valence-electron chi connectivity index (χ0n) is 13.8. The number of aromatic amines is 1. The van der Waals surface area contributed by atoms with Gasteiger partial charge in [-0.15, -0.1) is 0 Å². The Balaban J connectivity index is 2.05. The van der Waals surface area contributed by atoms with Crippen molar-refractivity contribution in [2.24, 2.45) is 12.1 Å². The van der Waals surface area contributed by atoms with Crippen LogP contribution >= 0.6 is 0 Å². The zero-order valence-corrected chi connectivity index (χ0v) is 13.8. The SMILES string of the molecule is Cn1c(=O)[nH]c(=O)c2c1nc(N/N=C/c1ccncc1)n2C[C@H](O)CO. The molecule has 26 heavy (non-hydrogen) atoms. The van der Waals surface area contributed by atoms with Crippen LogP contribution in [0.1, 0.15) is 5.56 Å². The average Bonchev–Trinajstić information content (AvgIpc) is 2.99. The third-order valence-corrected chi connectivity index (χ3v) is 3.70. The molecule has 0 unspecified atom stereocenters. The lowest BCUT2D eigenvalue weighted by Crippen LogP contribution is -2.30. The fourth-order valence-corrected chi connectivity index (χ4v) is 2.38. The molecule has 11 heteroatoms. The number of anilines is 1. The van der Waals surface area contributed by atoms with E-state index >= 15 is 0 Å². The molecule has 0 amide bonds. The van der Waals surface area contributed by atoms with Gasteiger partial charge in [0.2, 0.25) is 5.95 Å². The molecule has 0 fully saturated rings. The van der Waals surface area contributed by atoms with Gasteiger partial charge in [0.25, 0.3) is 5.56 Å². The summed E-state index contributed by atoms with van der Waals surface area (Å²) in [7, 11) is 1.46. The van der Waals surface area contributed by atoms with Gasteiger partial charge in [-0.1, -0.05) is 0 Å². The number of nitrogens with zero attached hydrogens (tertiary/aromatic N) is 5. The molecule has 0 aromatic carbocycles. The number of aliphatic hydroxyl groups excluding tert-OH is 2. The fourth-order valence-electron chi connectivity index (χ4n) is 2.38. The lowest BCUT2D eigenvalue weighted by Gasteiger charge is -2.11. The quantitative estimate of drug-likeness (QED) is 0.313. The number of aryl methyl sites for hydroxylation is 1. The lowest BCUT2D eigenvalue weighted by molar-refractivity contribution is 0.0825. The summed E-state index contributed by atoms with van der Waals surface area (Å²) in [5, 5.41) is 22.9. The highest BCUT2D eigenvalue weighted by Gasteiger charge is 2.19. The first-order valence-electron chi connectivity index (χ1n) is 7.69. The van der Waals surface area contributed by atoms with E-state index in [1.807, 2.05) is 0 Å². The topological polar surface area (TPSA) is 150 Å². The summed E-state index contributed by atoms with van der Waals surface area (Å²) in [6.07, 6.45) is 3.64. The van der Waals surface area contributed by atoms with E-state index in [9.17, 15) is 14.7 Å². The van der Waals surface area contributed by atoms with Gasteiger partial charge >= 0.3 is 5.69 Å². The van der Waals surface area contributed by atoms with E-state index in [0.717, 1.165) is 5.56 Å². The third kappa shape index (κ3) is 3.38. The Morgan fingerprint density at radius 2 is 2.12 bits per heavy atom. The maximum atomic E-state index is 12.2. The minimum absolute atomic E-state index is 0.0845. The molecule has 11 nitrogen and oxygen atoms in total. The summed E-state index contributed by atoms with van der Waals surface area (Å²) in [5.74, 6) is 0.143. The van der Waals surface area contributed by atoms with Crippen molar-refractivity contribution in [1.29, 1.82) is 0 Å². The van der Waals surface area contributed by atoms with Crippen LogP contribution in [0.25, 0.3) is 11.2 Å². The first-order valence-corrected chi connectivity index (χ1v) is 7.69. The molecule has 0 saturated heterocycles. The van der Waals surface area contributed by atoms with Gasteiger partial charge in [0.1, 0.15) is 0 Å². The molecule has 0 saturated carbocycles. The Kier molecular flexibility index (Phi) is 4.91. The molecule has 0 aliphatic heterocycles. The molecule has 4 N–H and O–H groups in total. The smallest absolute Gasteiger partial charge is 0.329 e. The minimum atomic E-state index is -1.12. The Morgan fingerprint density at radius 3 is 2.81 bits per heavy atom. The van der Waals surface area contributed by atoms with Gasteiger partial charge < -0.3 is 14.8 Å². The molecule has 136 valence electrons. The summed E-state index contributed by atoms with van der Waals surface area (Å²) in [4.78, 5) is 34.3. The van der Waals surface area contributed by atoms with Crippen molar-refractivity contribution in [1.82, 2.24) is 24.1 Å². The van der Waals surface area contributed by atoms with Crippen molar-refractivity contribution in [3.8, 4) is 0 Å². The van der Waals surface area contributed by atoms with Crippen molar-refractivity contribution < 1.29 is 10.2 Å². The number of rotatable bonds is 6. The molecule has 0 aliphatic carbocycles. The zero-order chi connectivity index (χ0) is 18.7. The number of hydrogen-bond donors (Lipinski definition) is 4. The number of hydrogen-bond acceptors (Lipinski definition) is 8. The van der Waals surface area contributed by atoms with E-state index in [-0.39, 0.29) is 23.7 Å². The summed E-state index contributed by atoms with van der Waals surface area (Å²) < 4.78 is 2.54. The number of H-pyrrole nitrogens is 1. The molecule has 3 aromatic rings. The normalized spacial score (nSPS) is 12.7. The minimum Gasteiger partial charge on any atom is -0.394 e. The van der Waals surface area contributed by atoms with Crippen molar-refractivity contribution in [3.05, 3.63) is 50.9 Å². The van der Waals surface area contributed by atoms with E-state index in [1.165, 1.54) is 22.4 Å². The molecule has 0 spiro atoms. The molecule has 3 aromatic heterocycles. The van der Waals surface area contributed by atoms with Crippen LogP contribution in [0.4, 0.5) is 5.95 Å². The average molecular weight is 359 g/mol. The Morgan fingerprint density at radius 1 is 1.38 bits per heavy atom. The number of fused-ring (bicyclic) bond motifs is 1. The van der Waals surface area contributed by atoms with Crippen molar-refractivity contribution in [2.75, 3.05) is 12.0 Å². The molecular weight excluding hydrogens is 342 g/mol. The van der Waals surface area contributed by atoms with Crippen molar-refractivity contribution >= 4 is 23.3 Å². The van der Waals surface area contributed by atoms with Crippen LogP contribution in [0.5, 0.6) is 0 Å². The van der Waals surface area contributed by atoms with Crippen LogP contribution in [0.15, 0.2) is 39.2 Å². The Labute approximate surface area is 146 Å². The van der Waals surface area contributed by atoms with Crippen LogP contribution < -0.4 is 16.7 Å². The first kappa shape index (κ1) is 17.5. The fraction of sp³-hybridized carbons (Fsp3) is 0.267. The summed E-state index contributed by atoms with van der Waals surface area (Å²) >= 11 is 0. The van der Waals surface area contributed by atoms with Gasteiger partial charge in [0.15, 0.2) is 11.2 Å². The highest BCUT2D eigenvalue weighted by molar-refractivity contribution is 5.80. The predicted molar refractivity (Wildman–Crippen MR) is 94.1 cm³/mol. The van der Waals surface area contributed by atoms with Gasteiger partial charge in [0, 0.05) is 19.4 Å². The highest BCUT2D eigenvalue weighted by Crippen LogP contribution is 2.16. The van der Waals surface area contributed by atoms with Gasteiger partial charge in [0.05, 0.1) is 25.5 Å². The number of nitrogens with one attached hydrogen (secondary N) is 2. The van der Waals surface area contributed by atoms with E-state index < -0.39 is 24.0 Å². The third-order valence-electron chi connectivity index (χ3n) is 3.70. The number of hydrazone groups is 1. The number of aromatic nitrogens is 5. The number of imidazole rings is 1. The van der Waals surface area contributed by atoms with Gasteiger partial charge in [-0.2, -0.15) is 10.1 Å². The Bertz CT molecular complexity index is 1050. The second-order valence-electron chi connectivity index (χ2n) is 5.52. The standard InChI is InChI=1S/C15H17N7O4/c1-21-12-11(13(25)19-15(21)26)22(7-10(24)8-23)14(18-12)20-17-6-9-2-4-16-5-3-9/h2-6,10,23-24H,7-8H2,1H3,(H,18,20)(H,19,25,26)/b17-6+/t10-/m0/s1. The highest BCUT2D eigenvalue weighted by atomic mass is 16.3. The molecular formula is C15H17N7O4. The second-order valence-corrected chi connectivity index (χ2v) is 5.52. The van der Waals surface area contributed by atoms with Crippen LogP contribution in [0.2, 0.25) is 0 Å². The van der Waals surface area contributed by atoms with Crippen molar-refractivity contribution in [3.63, 3.8) is 0 Å². The van der Waals surface area contributed by atoms with Crippen LogP contribution in [0, 0.1) is 0 Å². The predicted octanol–water partition coefficient (Wildman–Crippen LogP) is -1.38. The number of pyridine rings is 1. The van der Waals surface area contributed by atoms with E-state index in [0.29, 0.717) is 0 Å². The second kappa shape index (κ2) is 7.29. The molecule has 0 aliphatic rings. The molecule has 0 radical (unpaired) electrons. The summed E-state index contributed by atoms with van der Waals surface area (Å²) in [5.41, 5.74) is 2.44. The molecule has 3 heterocycles. The maximum Gasteiger partial charge on any atom is 0.329 e. The summed E-state index contributed by atoms with van der Waals surface area (Å²) in [6, 6.07) is 3.50. The molecule has 0 bridgehead atoms. The Hall–Kier alpha value is -3.31. The van der Waals surface area contributed by atoms with Crippen molar-refractivity contribution in [2.45, 2.75) is 12.6 Å². The lowest BCUT2D eigenvalue weighted by atomic mass is 10.3. The first-order chi connectivity index (χ1) is 12.5.